The number of methoxy groups -OCH3 is 2. The number of ether oxygens (including phenoxy) is 4. The van der Waals surface area contributed by atoms with Crippen molar-refractivity contribution in [2.45, 2.75) is 0 Å². The van der Waals surface area contributed by atoms with Crippen molar-refractivity contribution in [2.24, 2.45) is 0 Å². The van der Waals surface area contributed by atoms with Crippen molar-refractivity contribution in [3.8, 4) is 28.7 Å². The van der Waals surface area contributed by atoms with E-state index in [1.165, 1.54) is 68.8 Å². The second-order valence-electron chi connectivity index (χ2n) is 7.76. The second kappa shape index (κ2) is 13.2. The molecule has 0 unspecified atom stereocenters. The predicted octanol–water partition coefficient (Wildman–Crippen LogP) is 4.42. The molecule has 0 atom stereocenters. The average molecular weight is 533 g/mol. The molecule has 10 nitrogen and oxygen atoms in total. The first kappa shape index (κ1) is 28.1. The van der Waals surface area contributed by atoms with Crippen molar-refractivity contribution in [3.05, 3.63) is 95.3 Å². The molecular formula is C29H24O10. The van der Waals surface area contributed by atoms with Crippen LogP contribution in [-0.2, 0) is 19.1 Å². The zero-order valence-electron chi connectivity index (χ0n) is 20.9. The maximum atomic E-state index is 12.2. The quantitative estimate of drug-likeness (QED) is 0.119. The number of hydrogen-bond donors (Lipinski definition) is 3. The lowest BCUT2D eigenvalue weighted by Gasteiger charge is -2.07. The first-order chi connectivity index (χ1) is 18.7. The molecule has 10 heteroatoms. The summed E-state index contributed by atoms with van der Waals surface area (Å²) in [6, 6.07) is 14.9. The third-order valence-electron chi connectivity index (χ3n) is 5.04. The highest BCUT2D eigenvalue weighted by Crippen LogP contribution is 2.28. The van der Waals surface area contributed by atoms with Crippen molar-refractivity contribution < 1.29 is 48.7 Å². The predicted molar refractivity (Wildman–Crippen MR) is 141 cm³/mol. The monoisotopic (exact) mass is 532 g/mol. The highest BCUT2D eigenvalue weighted by molar-refractivity contribution is 6.00. The number of phenols is 2. The van der Waals surface area contributed by atoms with Gasteiger partial charge in [0.1, 0.15) is 5.75 Å². The van der Waals surface area contributed by atoms with E-state index in [-0.39, 0.29) is 17.2 Å². The number of carbonyl (C=O) groups is 3. The summed E-state index contributed by atoms with van der Waals surface area (Å²) in [7, 11) is 2.90. The fraction of sp³-hybridized carbons (Fsp3) is 0.0690. The summed E-state index contributed by atoms with van der Waals surface area (Å²) in [4.78, 5) is 36.0. The zero-order chi connectivity index (χ0) is 28.4. The van der Waals surface area contributed by atoms with Crippen LogP contribution >= 0.6 is 0 Å². The molecule has 200 valence electrons. The number of phenolic OH excluding ortho intramolecular Hbond substituents is 2. The zero-order valence-corrected chi connectivity index (χ0v) is 20.9. The van der Waals surface area contributed by atoms with Crippen LogP contribution in [-0.4, -0.2) is 47.4 Å². The van der Waals surface area contributed by atoms with Crippen molar-refractivity contribution in [3.63, 3.8) is 0 Å². The van der Waals surface area contributed by atoms with Gasteiger partial charge in [-0.1, -0.05) is 24.3 Å². The molecule has 0 fully saturated rings. The van der Waals surface area contributed by atoms with Gasteiger partial charge in [0.2, 0.25) is 5.76 Å². The van der Waals surface area contributed by atoms with E-state index in [2.05, 4.69) is 4.74 Å². The minimum Gasteiger partial charge on any atom is -0.504 e. The van der Waals surface area contributed by atoms with Crippen LogP contribution < -0.4 is 14.2 Å². The van der Waals surface area contributed by atoms with Gasteiger partial charge in [0.15, 0.2) is 23.0 Å². The molecule has 0 heterocycles. The number of aliphatic hydroxyl groups is 1. The van der Waals surface area contributed by atoms with E-state index in [0.717, 1.165) is 12.2 Å². The molecule has 0 aliphatic carbocycles. The van der Waals surface area contributed by atoms with E-state index in [4.69, 9.17) is 14.2 Å². The molecule has 3 N–H and O–H groups in total. The van der Waals surface area contributed by atoms with E-state index in [9.17, 15) is 29.7 Å². The van der Waals surface area contributed by atoms with Gasteiger partial charge in [-0.05, 0) is 71.3 Å². The molecule has 0 aliphatic rings. The van der Waals surface area contributed by atoms with Gasteiger partial charge in [-0.3, -0.25) is 0 Å². The summed E-state index contributed by atoms with van der Waals surface area (Å²) >= 11 is 0. The van der Waals surface area contributed by atoms with Crippen LogP contribution in [0.3, 0.4) is 0 Å². The molecular weight excluding hydrogens is 508 g/mol. The Hall–Kier alpha value is -5.51. The van der Waals surface area contributed by atoms with Crippen LogP contribution in [0.2, 0.25) is 0 Å². The minimum atomic E-state index is -1.09. The summed E-state index contributed by atoms with van der Waals surface area (Å²) < 4.78 is 19.7. The van der Waals surface area contributed by atoms with Crippen LogP contribution in [0.15, 0.2) is 78.6 Å². The van der Waals surface area contributed by atoms with Crippen LogP contribution in [0, 0.1) is 0 Å². The molecule has 0 amide bonds. The molecule has 39 heavy (non-hydrogen) atoms. The summed E-state index contributed by atoms with van der Waals surface area (Å²) in [6.45, 7) is 0. The Kier molecular flexibility index (Phi) is 9.47. The summed E-state index contributed by atoms with van der Waals surface area (Å²) in [5.74, 6) is -3.55. The smallest absolute Gasteiger partial charge is 0.378 e. The highest BCUT2D eigenvalue weighted by atomic mass is 16.6. The first-order valence-electron chi connectivity index (χ1n) is 11.3. The second-order valence-corrected chi connectivity index (χ2v) is 7.76. The lowest BCUT2D eigenvalue weighted by Crippen LogP contribution is -2.11. The van der Waals surface area contributed by atoms with E-state index in [1.807, 2.05) is 0 Å². The van der Waals surface area contributed by atoms with Gasteiger partial charge in [0, 0.05) is 12.2 Å². The van der Waals surface area contributed by atoms with Gasteiger partial charge in [0.05, 0.1) is 14.2 Å². The first-order valence-corrected chi connectivity index (χ1v) is 11.3. The van der Waals surface area contributed by atoms with Gasteiger partial charge in [-0.2, -0.15) is 0 Å². The number of benzene rings is 3. The molecule has 0 spiro atoms. The Labute approximate surface area is 223 Å². The van der Waals surface area contributed by atoms with E-state index in [1.54, 1.807) is 24.3 Å². The third-order valence-corrected chi connectivity index (χ3v) is 5.04. The standard InChI is InChI=1S/C29H24O10/c1-36-21-9-3-18(4-10-21)16-24(32)29(35)38-25-12-6-19(15-23(25)31)7-13-27(33)39-28(34)14-8-20-5-11-22(30)26(17-20)37-2/h3-17,30-32H,1-2H3. The molecule has 0 saturated heterocycles. The molecule has 3 aromatic rings. The summed E-state index contributed by atoms with van der Waals surface area (Å²) in [5, 5.41) is 29.8. The SMILES string of the molecule is COc1ccc(C=C(O)C(=O)Oc2ccc(C=CC(=O)OC(=O)C=Cc3ccc(O)c(OC)c3)cc2O)cc1. The topological polar surface area (TPSA) is 149 Å². The van der Waals surface area contributed by atoms with Crippen molar-refractivity contribution in [1.29, 1.82) is 0 Å². The Bertz CT molecular complexity index is 1450. The number of aliphatic hydroxyl groups excluding tert-OH is 1. The lowest BCUT2D eigenvalue weighted by molar-refractivity contribution is -0.152. The normalized spacial score (nSPS) is 11.4. The fourth-order valence-electron chi connectivity index (χ4n) is 3.09. The van der Waals surface area contributed by atoms with Crippen LogP contribution in [0.25, 0.3) is 18.2 Å². The number of esters is 3. The molecule has 0 saturated carbocycles. The lowest BCUT2D eigenvalue weighted by atomic mass is 10.2. The van der Waals surface area contributed by atoms with Gasteiger partial charge in [-0.25, -0.2) is 14.4 Å². The Morgan fingerprint density at radius 2 is 1.28 bits per heavy atom. The summed E-state index contributed by atoms with van der Waals surface area (Å²) in [6.07, 6.45) is 5.85. The van der Waals surface area contributed by atoms with Crippen molar-refractivity contribution >= 4 is 36.1 Å². The molecule has 0 radical (unpaired) electrons. The Balaban J connectivity index is 1.56. The van der Waals surface area contributed by atoms with Gasteiger partial charge >= 0.3 is 17.9 Å². The average Bonchev–Trinajstić information content (AvgIpc) is 2.93. The molecule has 0 bridgehead atoms. The van der Waals surface area contributed by atoms with Gasteiger partial charge < -0.3 is 34.3 Å². The largest absolute Gasteiger partial charge is 0.504 e. The van der Waals surface area contributed by atoms with Crippen molar-refractivity contribution in [2.75, 3.05) is 14.2 Å². The van der Waals surface area contributed by atoms with Gasteiger partial charge in [0.25, 0.3) is 0 Å². The van der Waals surface area contributed by atoms with E-state index < -0.39 is 29.4 Å². The van der Waals surface area contributed by atoms with E-state index in [0.29, 0.717) is 22.4 Å². The minimum absolute atomic E-state index is 0.0607. The summed E-state index contributed by atoms with van der Waals surface area (Å²) in [5.41, 5.74) is 1.39. The third kappa shape index (κ3) is 8.25. The molecule has 3 aromatic carbocycles. The van der Waals surface area contributed by atoms with Crippen LogP contribution in [0.1, 0.15) is 16.7 Å². The number of aromatic hydroxyl groups is 2. The maximum Gasteiger partial charge on any atom is 0.378 e. The van der Waals surface area contributed by atoms with Crippen LogP contribution in [0.5, 0.6) is 28.7 Å². The van der Waals surface area contributed by atoms with Crippen LogP contribution in [0.4, 0.5) is 0 Å². The highest BCUT2D eigenvalue weighted by Gasteiger charge is 2.14. The molecule has 3 rings (SSSR count). The number of rotatable bonds is 9. The molecule has 0 aliphatic heterocycles. The van der Waals surface area contributed by atoms with Crippen molar-refractivity contribution in [1.82, 2.24) is 0 Å². The fourth-order valence-corrected chi connectivity index (χ4v) is 3.09. The number of carbonyl (C=O) groups excluding carboxylic acids is 3. The van der Waals surface area contributed by atoms with Gasteiger partial charge in [-0.15, -0.1) is 0 Å². The maximum absolute atomic E-state index is 12.2. The number of hydrogen-bond acceptors (Lipinski definition) is 10. The van der Waals surface area contributed by atoms with E-state index >= 15 is 0 Å². The molecule has 0 aromatic heterocycles. The Morgan fingerprint density at radius 1 is 0.692 bits per heavy atom. The Morgan fingerprint density at radius 3 is 1.87 bits per heavy atom.